The molecule has 0 atom stereocenters. The van der Waals surface area contributed by atoms with Crippen LogP contribution in [0.15, 0.2) is 121 Å². The van der Waals surface area contributed by atoms with Crippen LogP contribution in [-0.2, 0) is 26.2 Å². The molecule has 8 aromatic rings. The first-order valence-corrected chi connectivity index (χ1v) is 18.9. The highest BCUT2D eigenvalue weighted by atomic mass is 15.0. The first-order chi connectivity index (χ1) is 25.6. The van der Waals surface area contributed by atoms with Crippen LogP contribution < -0.4 is 10.6 Å². The third-order valence-corrected chi connectivity index (χ3v) is 10.4. The minimum absolute atomic E-state index is 0.790. The third-order valence-electron chi connectivity index (χ3n) is 10.4. The van der Waals surface area contributed by atoms with Crippen molar-refractivity contribution in [3.63, 3.8) is 0 Å². The Bertz CT molecular complexity index is 2270. The summed E-state index contributed by atoms with van der Waals surface area (Å²) in [5, 5.41) is 12.5. The van der Waals surface area contributed by atoms with E-state index in [1.807, 2.05) is 0 Å². The molecule has 0 aliphatic rings. The summed E-state index contributed by atoms with van der Waals surface area (Å²) in [6.45, 7) is 9.58. The maximum atomic E-state index is 5.05. The molecule has 0 aliphatic carbocycles. The average Bonchev–Trinajstić information content (AvgIpc) is 3.66. The van der Waals surface area contributed by atoms with E-state index in [-0.39, 0.29) is 0 Å². The fraction of sp³-hybridized carbons (Fsp3) is 0.261. The lowest BCUT2D eigenvalue weighted by molar-refractivity contribution is 0.559. The van der Waals surface area contributed by atoms with Crippen molar-refractivity contribution in [2.24, 2.45) is 0 Å². The van der Waals surface area contributed by atoms with Crippen LogP contribution in [0.5, 0.6) is 0 Å². The molecule has 52 heavy (non-hydrogen) atoms. The second-order valence-electron chi connectivity index (χ2n) is 14.1. The Kier molecular flexibility index (Phi) is 10.1. The molecule has 0 bridgehead atoms. The SMILES string of the molecule is Cc1nc(CNCCCCCCNCc2cc3c4ccccc4n(Cc4ccccc4)c3c(C)n2)cc2c3ccccc3n(Cc3ccccc3)c12. The van der Waals surface area contributed by atoms with E-state index in [0.29, 0.717) is 0 Å². The van der Waals surface area contributed by atoms with E-state index >= 15 is 0 Å². The number of nitrogens with one attached hydrogen (secondary N) is 2. The Morgan fingerprint density at radius 1 is 0.462 bits per heavy atom. The predicted molar refractivity (Wildman–Crippen MR) is 217 cm³/mol. The molecule has 8 rings (SSSR count). The smallest absolute Gasteiger partial charge is 0.0711 e. The first-order valence-electron chi connectivity index (χ1n) is 18.9. The van der Waals surface area contributed by atoms with Gasteiger partial charge in [-0.3, -0.25) is 9.97 Å². The third kappa shape index (κ3) is 7.09. The lowest BCUT2D eigenvalue weighted by Crippen LogP contribution is -2.17. The maximum Gasteiger partial charge on any atom is 0.0711 e. The zero-order valence-corrected chi connectivity index (χ0v) is 30.4. The number of nitrogens with zero attached hydrogens (tertiary/aromatic N) is 4. The molecule has 0 amide bonds. The van der Waals surface area contributed by atoms with Crippen molar-refractivity contribution in [1.29, 1.82) is 0 Å². The second kappa shape index (κ2) is 15.5. The molecule has 0 aliphatic heterocycles. The van der Waals surface area contributed by atoms with Crippen LogP contribution in [0.4, 0.5) is 0 Å². The largest absolute Gasteiger partial charge is 0.334 e. The van der Waals surface area contributed by atoms with Gasteiger partial charge in [-0.1, -0.05) is 110 Å². The Labute approximate surface area is 306 Å². The van der Waals surface area contributed by atoms with Crippen molar-refractivity contribution in [2.45, 2.75) is 65.7 Å². The number of unbranched alkanes of at least 4 members (excludes halogenated alkanes) is 3. The minimum Gasteiger partial charge on any atom is -0.334 e. The lowest BCUT2D eigenvalue weighted by Gasteiger charge is -2.11. The lowest BCUT2D eigenvalue weighted by atomic mass is 10.1. The summed E-state index contributed by atoms with van der Waals surface area (Å²) in [5.74, 6) is 0. The molecule has 0 fully saturated rings. The highest BCUT2D eigenvalue weighted by Gasteiger charge is 2.16. The maximum absolute atomic E-state index is 5.05. The number of rotatable bonds is 15. The highest BCUT2D eigenvalue weighted by molar-refractivity contribution is 6.09. The van der Waals surface area contributed by atoms with Crippen LogP contribution >= 0.6 is 0 Å². The monoisotopic (exact) mass is 684 g/mol. The molecule has 2 N–H and O–H groups in total. The summed E-state index contributed by atoms with van der Waals surface area (Å²) in [6.07, 6.45) is 4.78. The zero-order chi connectivity index (χ0) is 35.3. The molecule has 4 aromatic carbocycles. The van der Waals surface area contributed by atoms with Gasteiger partial charge in [0.25, 0.3) is 0 Å². The number of para-hydroxylation sites is 2. The summed E-state index contributed by atoms with van der Waals surface area (Å²) in [5.41, 5.74) is 12.0. The number of pyridine rings is 2. The average molecular weight is 685 g/mol. The van der Waals surface area contributed by atoms with E-state index in [1.165, 1.54) is 80.4 Å². The standard InChI is InChI=1S/C46H48N6/c1-33-45-41(39-21-11-13-23-43(39)51(45)31-35-17-7-5-8-18-35)27-37(49-33)29-47-25-15-3-4-16-26-48-30-38-28-42-40-22-12-14-24-44(40)52(46(42)34(2)50-38)32-36-19-9-6-10-20-36/h5-14,17-24,27-28,47-48H,3-4,15-16,25-26,29-32H2,1-2H3. The first kappa shape index (κ1) is 33.8. The van der Waals surface area contributed by atoms with Gasteiger partial charge in [0.05, 0.1) is 33.8 Å². The van der Waals surface area contributed by atoms with Gasteiger partial charge in [0.15, 0.2) is 0 Å². The Morgan fingerprint density at radius 3 is 1.31 bits per heavy atom. The van der Waals surface area contributed by atoms with Crippen molar-refractivity contribution in [1.82, 2.24) is 29.7 Å². The van der Waals surface area contributed by atoms with Crippen LogP contribution in [0.2, 0.25) is 0 Å². The van der Waals surface area contributed by atoms with Crippen molar-refractivity contribution in [3.8, 4) is 0 Å². The van der Waals surface area contributed by atoms with Gasteiger partial charge in [-0.05, 0) is 75.2 Å². The summed E-state index contributed by atoms with van der Waals surface area (Å²) in [6, 6.07) is 43.5. The highest BCUT2D eigenvalue weighted by Crippen LogP contribution is 2.33. The molecular formula is C46H48N6. The number of hydrogen-bond acceptors (Lipinski definition) is 4. The quantitative estimate of drug-likeness (QED) is 0.106. The molecule has 4 aromatic heterocycles. The second-order valence-corrected chi connectivity index (χ2v) is 14.1. The number of aryl methyl sites for hydroxylation is 2. The predicted octanol–water partition coefficient (Wildman–Crippen LogP) is 9.85. The summed E-state index contributed by atoms with van der Waals surface area (Å²) < 4.78 is 4.86. The van der Waals surface area contributed by atoms with Crippen molar-refractivity contribution in [3.05, 3.63) is 155 Å². The Hall–Kier alpha value is -5.30. The van der Waals surface area contributed by atoms with Gasteiger partial charge in [0, 0.05) is 58.8 Å². The summed E-state index contributed by atoms with van der Waals surface area (Å²) in [4.78, 5) is 10.1. The topological polar surface area (TPSA) is 59.7 Å². The molecular weight excluding hydrogens is 637 g/mol. The molecule has 0 unspecified atom stereocenters. The van der Waals surface area contributed by atoms with Crippen LogP contribution in [0.3, 0.4) is 0 Å². The van der Waals surface area contributed by atoms with Gasteiger partial charge in [-0.25, -0.2) is 0 Å². The number of benzene rings is 4. The fourth-order valence-electron chi connectivity index (χ4n) is 8.00. The molecule has 0 radical (unpaired) electrons. The normalized spacial score (nSPS) is 11.8. The minimum atomic E-state index is 0.790. The van der Waals surface area contributed by atoms with Gasteiger partial charge < -0.3 is 19.8 Å². The van der Waals surface area contributed by atoms with Crippen molar-refractivity contribution >= 4 is 43.6 Å². The van der Waals surface area contributed by atoms with Crippen LogP contribution in [0.25, 0.3) is 43.6 Å². The summed E-state index contributed by atoms with van der Waals surface area (Å²) >= 11 is 0. The van der Waals surface area contributed by atoms with Crippen LogP contribution in [-0.4, -0.2) is 32.2 Å². The number of hydrogen-bond donors (Lipinski definition) is 2. The number of fused-ring (bicyclic) bond motifs is 6. The van der Waals surface area contributed by atoms with E-state index in [0.717, 1.165) is 62.0 Å². The van der Waals surface area contributed by atoms with Crippen molar-refractivity contribution < 1.29 is 0 Å². The van der Waals surface area contributed by atoms with Crippen LogP contribution in [0, 0.1) is 13.8 Å². The van der Waals surface area contributed by atoms with Crippen LogP contribution in [0.1, 0.15) is 59.6 Å². The zero-order valence-electron chi connectivity index (χ0n) is 30.4. The van der Waals surface area contributed by atoms with Gasteiger partial charge in [0.2, 0.25) is 0 Å². The van der Waals surface area contributed by atoms with E-state index in [2.05, 4.69) is 155 Å². The molecule has 6 heteroatoms. The van der Waals surface area contributed by atoms with Gasteiger partial charge in [-0.2, -0.15) is 0 Å². The molecule has 0 spiro atoms. The summed E-state index contributed by atoms with van der Waals surface area (Å²) in [7, 11) is 0. The van der Waals surface area contributed by atoms with E-state index < -0.39 is 0 Å². The van der Waals surface area contributed by atoms with Gasteiger partial charge in [-0.15, -0.1) is 0 Å². The van der Waals surface area contributed by atoms with Gasteiger partial charge >= 0.3 is 0 Å². The van der Waals surface area contributed by atoms with E-state index in [1.54, 1.807) is 0 Å². The fourth-order valence-corrected chi connectivity index (χ4v) is 8.00. The molecule has 262 valence electrons. The Balaban J connectivity index is 0.811. The Morgan fingerprint density at radius 2 is 0.865 bits per heavy atom. The molecule has 6 nitrogen and oxygen atoms in total. The molecule has 0 saturated heterocycles. The van der Waals surface area contributed by atoms with Gasteiger partial charge in [0.1, 0.15) is 0 Å². The van der Waals surface area contributed by atoms with E-state index in [9.17, 15) is 0 Å². The molecule has 0 saturated carbocycles. The van der Waals surface area contributed by atoms with Crippen molar-refractivity contribution in [2.75, 3.05) is 13.1 Å². The van der Waals surface area contributed by atoms with E-state index in [4.69, 9.17) is 9.97 Å². The molecule has 4 heterocycles. The number of aromatic nitrogens is 4.